The molecule has 1 fully saturated rings. The first-order valence-electron chi connectivity index (χ1n) is 5.76. The maximum absolute atomic E-state index is 5.76. The molecule has 1 aliphatic carbocycles. The van der Waals surface area contributed by atoms with E-state index in [2.05, 4.69) is 23.8 Å². The second-order valence-corrected chi connectivity index (χ2v) is 4.72. The Bertz CT molecular complexity index is 246. The molecule has 0 bridgehead atoms. The van der Waals surface area contributed by atoms with Gasteiger partial charge in [0.2, 0.25) is 0 Å². The van der Waals surface area contributed by atoms with Crippen molar-refractivity contribution in [3.8, 4) is 0 Å². The average molecular weight is 209 g/mol. The van der Waals surface area contributed by atoms with Crippen LogP contribution in [0.2, 0.25) is 0 Å². The number of aliphatic imine (C=N–C) groups is 1. The van der Waals surface area contributed by atoms with Gasteiger partial charge in [-0.05, 0) is 31.6 Å². The van der Waals surface area contributed by atoms with Crippen LogP contribution >= 0.6 is 0 Å². The Hall–Kier alpha value is -0.990. The van der Waals surface area contributed by atoms with E-state index in [9.17, 15) is 0 Å². The zero-order valence-electron chi connectivity index (χ0n) is 9.97. The van der Waals surface area contributed by atoms with E-state index in [0.29, 0.717) is 17.9 Å². The lowest BCUT2D eigenvalue weighted by Gasteiger charge is -2.40. The number of guanidine groups is 1. The summed E-state index contributed by atoms with van der Waals surface area (Å²) >= 11 is 0. The van der Waals surface area contributed by atoms with Gasteiger partial charge in [0.05, 0.1) is 0 Å². The van der Waals surface area contributed by atoms with Crippen LogP contribution in [0, 0.1) is 5.41 Å². The molecule has 1 aliphatic rings. The van der Waals surface area contributed by atoms with Crippen LogP contribution in [-0.4, -0.2) is 19.0 Å². The first-order valence-corrected chi connectivity index (χ1v) is 5.76. The maximum atomic E-state index is 5.76. The predicted octanol–water partition coefficient (Wildman–Crippen LogP) is 2.05. The first-order chi connectivity index (χ1) is 7.08. The summed E-state index contributed by atoms with van der Waals surface area (Å²) in [6.45, 7) is 9.61. The first kappa shape index (κ1) is 12.1. The summed E-state index contributed by atoms with van der Waals surface area (Å²) in [7, 11) is 0. The van der Waals surface area contributed by atoms with E-state index in [1.54, 1.807) is 0 Å². The van der Waals surface area contributed by atoms with Gasteiger partial charge in [-0.1, -0.05) is 25.5 Å². The number of hydrogen-bond acceptors (Lipinski definition) is 1. The van der Waals surface area contributed by atoms with Crippen molar-refractivity contribution in [1.82, 2.24) is 5.32 Å². The molecule has 3 nitrogen and oxygen atoms in total. The van der Waals surface area contributed by atoms with E-state index in [-0.39, 0.29) is 0 Å². The number of rotatable bonds is 5. The van der Waals surface area contributed by atoms with Crippen LogP contribution in [0.1, 0.15) is 39.5 Å². The largest absolute Gasteiger partial charge is 0.370 e. The lowest BCUT2D eigenvalue weighted by atomic mass is 9.67. The topological polar surface area (TPSA) is 50.4 Å². The Labute approximate surface area is 92.8 Å². The molecular formula is C12H23N3. The number of hydrogen-bond donors (Lipinski definition) is 2. The molecular weight excluding hydrogens is 186 g/mol. The van der Waals surface area contributed by atoms with E-state index < -0.39 is 0 Å². The van der Waals surface area contributed by atoms with Crippen molar-refractivity contribution in [3.63, 3.8) is 0 Å². The minimum atomic E-state index is 0.454. The average Bonchev–Trinajstić information content (AvgIpc) is 2.14. The standard InChI is InChI=1S/C12H23N3/c1-4-12(6-5-7-12)9-15-11(13)14-8-10(2)3/h2,4-9H2,1,3H3,(H3,13,14,15). The zero-order valence-corrected chi connectivity index (χ0v) is 9.97. The fourth-order valence-corrected chi connectivity index (χ4v) is 1.85. The van der Waals surface area contributed by atoms with Gasteiger partial charge in [-0.3, -0.25) is 4.99 Å². The zero-order chi connectivity index (χ0) is 11.3. The third-order valence-corrected chi connectivity index (χ3v) is 3.32. The van der Waals surface area contributed by atoms with Crippen molar-refractivity contribution < 1.29 is 0 Å². The number of nitrogens with two attached hydrogens (primary N) is 1. The Morgan fingerprint density at radius 3 is 2.60 bits per heavy atom. The predicted molar refractivity (Wildman–Crippen MR) is 65.9 cm³/mol. The molecule has 1 rings (SSSR count). The highest BCUT2D eigenvalue weighted by atomic mass is 15.1. The molecule has 86 valence electrons. The fourth-order valence-electron chi connectivity index (χ4n) is 1.85. The summed E-state index contributed by atoms with van der Waals surface area (Å²) in [6, 6.07) is 0. The van der Waals surface area contributed by atoms with Crippen LogP contribution in [0.25, 0.3) is 0 Å². The highest BCUT2D eigenvalue weighted by Crippen LogP contribution is 2.43. The van der Waals surface area contributed by atoms with Crippen LogP contribution in [0.3, 0.4) is 0 Å². The van der Waals surface area contributed by atoms with Crippen LogP contribution in [0.4, 0.5) is 0 Å². The van der Waals surface area contributed by atoms with Crippen molar-refractivity contribution >= 4 is 5.96 Å². The van der Waals surface area contributed by atoms with Gasteiger partial charge in [-0.2, -0.15) is 0 Å². The van der Waals surface area contributed by atoms with Crippen molar-refractivity contribution in [2.24, 2.45) is 16.1 Å². The Balaban J connectivity index is 2.32. The Morgan fingerprint density at radius 1 is 1.53 bits per heavy atom. The van der Waals surface area contributed by atoms with E-state index >= 15 is 0 Å². The van der Waals surface area contributed by atoms with Crippen molar-refractivity contribution in [1.29, 1.82) is 0 Å². The van der Waals surface area contributed by atoms with Gasteiger partial charge in [0, 0.05) is 13.1 Å². The summed E-state index contributed by atoms with van der Waals surface area (Å²) in [5.41, 5.74) is 7.29. The van der Waals surface area contributed by atoms with Crippen LogP contribution in [0.15, 0.2) is 17.1 Å². The lowest BCUT2D eigenvalue weighted by molar-refractivity contribution is 0.139. The Morgan fingerprint density at radius 2 is 2.20 bits per heavy atom. The molecule has 0 aromatic heterocycles. The minimum Gasteiger partial charge on any atom is -0.370 e. The normalized spacial score (nSPS) is 19.5. The lowest BCUT2D eigenvalue weighted by Crippen LogP contribution is -2.37. The van der Waals surface area contributed by atoms with Crippen LogP contribution in [-0.2, 0) is 0 Å². The molecule has 0 atom stereocenters. The van der Waals surface area contributed by atoms with Gasteiger partial charge in [0.1, 0.15) is 0 Å². The highest BCUT2D eigenvalue weighted by molar-refractivity contribution is 5.78. The second-order valence-electron chi connectivity index (χ2n) is 4.72. The molecule has 0 aromatic carbocycles. The Kier molecular flexibility index (Phi) is 4.18. The van der Waals surface area contributed by atoms with Gasteiger partial charge >= 0.3 is 0 Å². The van der Waals surface area contributed by atoms with Crippen LogP contribution < -0.4 is 11.1 Å². The molecule has 3 heteroatoms. The maximum Gasteiger partial charge on any atom is 0.188 e. The van der Waals surface area contributed by atoms with Gasteiger partial charge in [-0.15, -0.1) is 0 Å². The van der Waals surface area contributed by atoms with Crippen molar-refractivity contribution in [2.75, 3.05) is 13.1 Å². The smallest absolute Gasteiger partial charge is 0.188 e. The summed E-state index contributed by atoms with van der Waals surface area (Å²) in [4.78, 5) is 4.40. The van der Waals surface area contributed by atoms with Gasteiger partial charge in [0.25, 0.3) is 0 Å². The molecule has 0 heterocycles. The monoisotopic (exact) mass is 209 g/mol. The molecule has 0 aliphatic heterocycles. The summed E-state index contributed by atoms with van der Waals surface area (Å²) in [5, 5.41) is 3.06. The molecule has 0 amide bonds. The molecule has 1 saturated carbocycles. The second kappa shape index (κ2) is 5.19. The summed E-state index contributed by atoms with van der Waals surface area (Å²) in [6.07, 6.45) is 5.17. The molecule has 0 radical (unpaired) electrons. The minimum absolute atomic E-state index is 0.454. The van der Waals surface area contributed by atoms with Crippen LogP contribution in [0.5, 0.6) is 0 Å². The fraction of sp³-hybridized carbons (Fsp3) is 0.750. The molecule has 15 heavy (non-hydrogen) atoms. The van der Waals surface area contributed by atoms with E-state index in [0.717, 1.165) is 12.1 Å². The highest BCUT2D eigenvalue weighted by Gasteiger charge is 2.34. The molecule has 0 unspecified atom stereocenters. The summed E-state index contributed by atoms with van der Waals surface area (Å²) < 4.78 is 0. The van der Waals surface area contributed by atoms with Gasteiger partial charge < -0.3 is 11.1 Å². The van der Waals surface area contributed by atoms with Crippen molar-refractivity contribution in [3.05, 3.63) is 12.2 Å². The van der Waals surface area contributed by atoms with E-state index in [1.165, 1.54) is 25.7 Å². The number of nitrogens with one attached hydrogen (secondary N) is 1. The van der Waals surface area contributed by atoms with E-state index in [1.807, 2.05) is 6.92 Å². The quantitative estimate of drug-likeness (QED) is 0.413. The molecule has 3 N–H and O–H groups in total. The van der Waals surface area contributed by atoms with Gasteiger partial charge in [0.15, 0.2) is 5.96 Å². The molecule has 0 aromatic rings. The summed E-state index contributed by atoms with van der Waals surface area (Å²) in [5.74, 6) is 0.553. The van der Waals surface area contributed by atoms with Gasteiger partial charge in [-0.25, -0.2) is 0 Å². The van der Waals surface area contributed by atoms with E-state index in [4.69, 9.17) is 5.73 Å². The SMILES string of the molecule is C=C(C)CNC(N)=NCC1(CC)CCC1. The molecule has 0 saturated heterocycles. The number of nitrogens with zero attached hydrogens (tertiary/aromatic N) is 1. The third kappa shape index (κ3) is 3.57. The third-order valence-electron chi connectivity index (χ3n) is 3.32. The van der Waals surface area contributed by atoms with Crippen molar-refractivity contribution in [2.45, 2.75) is 39.5 Å². The molecule has 0 spiro atoms.